The number of quaternary nitrogens is 2. The lowest BCUT2D eigenvalue weighted by Crippen LogP contribution is -3.16. The van der Waals surface area contributed by atoms with Crippen LogP contribution in [0.15, 0.2) is 18.2 Å². The molecule has 2 aliphatic rings. The quantitative estimate of drug-likeness (QED) is 0.686. The third-order valence-corrected chi connectivity index (χ3v) is 4.24. The molecule has 0 amide bonds. The zero-order chi connectivity index (χ0) is 11.7. The standard InChI is InChI=1S/C14H19FN2/c15-12-5-4-11-9-16-10-14(13(11)8-12)17-6-2-1-3-7-17/h4-5,8,14,16H,1-3,6-7,9-10H2/p+2/t14-/m0/s1. The highest BCUT2D eigenvalue weighted by Crippen LogP contribution is 2.19. The first-order valence-corrected chi connectivity index (χ1v) is 6.79. The molecule has 0 bridgehead atoms. The second kappa shape index (κ2) is 4.75. The van der Waals surface area contributed by atoms with Crippen molar-refractivity contribution in [1.82, 2.24) is 0 Å². The average molecular weight is 236 g/mol. The maximum atomic E-state index is 13.4. The lowest BCUT2D eigenvalue weighted by atomic mass is 9.94. The average Bonchev–Trinajstić information content (AvgIpc) is 2.39. The maximum absolute atomic E-state index is 13.4. The lowest BCUT2D eigenvalue weighted by Gasteiger charge is -2.33. The Labute approximate surface area is 102 Å². The van der Waals surface area contributed by atoms with E-state index in [1.54, 1.807) is 17.0 Å². The molecule has 1 fully saturated rings. The van der Waals surface area contributed by atoms with Gasteiger partial charge in [-0.05, 0) is 37.5 Å². The van der Waals surface area contributed by atoms with E-state index in [9.17, 15) is 4.39 Å². The van der Waals surface area contributed by atoms with Gasteiger partial charge in [-0.25, -0.2) is 4.39 Å². The third kappa shape index (κ3) is 2.22. The van der Waals surface area contributed by atoms with E-state index in [2.05, 4.69) is 5.32 Å². The molecule has 2 aliphatic heterocycles. The van der Waals surface area contributed by atoms with Crippen molar-refractivity contribution in [3.05, 3.63) is 35.1 Å². The van der Waals surface area contributed by atoms with E-state index < -0.39 is 0 Å². The minimum Gasteiger partial charge on any atom is -0.337 e. The highest BCUT2D eigenvalue weighted by molar-refractivity contribution is 5.30. The summed E-state index contributed by atoms with van der Waals surface area (Å²) in [6.07, 6.45) is 4.03. The predicted octanol–water partition coefficient (Wildman–Crippen LogP) is 0.0126. The molecule has 2 heterocycles. The zero-order valence-corrected chi connectivity index (χ0v) is 10.2. The summed E-state index contributed by atoms with van der Waals surface area (Å²) in [5.74, 6) is -0.0768. The van der Waals surface area contributed by atoms with Crippen molar-refractivity contribution < 1.29 is 14.6 Å². The Hall–Kier alpha value is -0.930. The number of benzene rings is 1. The Kier molecular flexibility index (Phi) is 3.12. The van der Waals surface area contributed by atoms with Crippen LogP contribution in [0.5, 0.6) is 0 Å². The number of nitrogens with one attached hydrogen (secondary N) is 1. The fourth-order valence-electron chi connectivity index (χ4n) is 3.35. The number of fused-ring (bicyclic) bond motifs is 1. The molecule has 17 heavy (non-hydrogen) atoms. The van der Waals surface area contributed by atoms with Crippen molar-refractivity contribution in [3.8, 4) is 0 Å². The second-order valence-corrected chi connectivity index (χ2v) is 5.34. The van der Waals surface area contributed by atoms with Crippen LogP contribution in [0.2, 0.25) is 0 Å². The van der Waals surface area contributed by atoms with Gasteiger partial charge in [0.05, 0.1) is 13.1 Å². The van der Waals surface area contributed by atoms with Gasteiger partial charge in [0.25, 0.3) is 0 Å². The first-order chi connectivity index (χ1) is 8.34. The maximum Gasteiger partial charge on any atom is 0.163 e. The molecule has 0 aliphatic carbocycles. The van der Waals surface area contributed by atoms with Gasteiger partial charge in [0.15, 0.2) is 6.04 Å². The van der Waals surface area contributed by atoms with Gasteiger partial charge in [-0.1, -0.05) is 0 Å². The molecule has 1 aromatic carbocycles. The highest BCUT2D eigenvalue weighted by Gasteiger charge is 2.32. The summed E-state index contributed by atoms with van der Waals surface area (Å²) in [6.45, 7) is 4.65. The normalized spacial score (nSPS) is 25.6. The van der Waals surface area contributed by atoms with Crippen LogP contribution in [0.4, 0.5) is 4.39 Å². The Morgan fingerprint density at radius 1 is 1.18 bits per heavy atom. The van der Waals surface area contributed by atoms with Gasteiger partial charge in [0.2, 0.25) is 0 Å². The van der Waals surface area contributed by atoms with Crippen LogP contribution >= 0.6 is 0 Å². The molecule has 0 spiro atoms. The molecule has 1 aromatic rings. The van der Waals surface area contributed by atoms with Gasteiger partial charge in [0.1, 0.15) is 18.9 Å². The number of nitrogens with two attached hydrogens (primary N) is 1. The van der Waals surface area contributed by atoms with Crippen LogP contribution in [0.25, 0.3) is 0 Å². The van der Waals surface area contributed by atoms with E-state index in [1.165, 1.54) is 43.5 Å². The highest BCUT2D eigenvalue weighted by atomic mass is 19.1. The summed E-state index contributed by atoms with van der Waals surface area (Å²) in [7, 11) is 0. The predicted molar refractivity (Wildman–Crippen MR) is 64.2 cm³/mol. The van der Waals surface area contributed by atoms with Gasteiger partial charge < -0.3 is 10.2 Å². The first kappa shape index (κ1) is 11.2. The molecule has 0 aromatic heterocycles. The summed E-state index contributed by atoms with van der Waals surface area (Å²) in [6, 6.07) is 5.85. The van der Waals surface area contributed by atoms with Crippen LogP contribution in [0.1, 0.15) is 36.4 Å². The Morgan fingerprint density at radius 2 is 2.00 bits per heavy atom. The fraction of sp³-hybridized carbons (Fsp3) is 0.571. The van der Waals surface area contributed by atoms with Crippen molar-refractivity contribution in [2.45, 2.75) is 31.8 Å². The Bertz CT molecular complexity index is 399. The largest absolute Gasteiger partial charge is 0.337 e. The second-order valence-electron chi connectivity index (χ2n) is 5.34. The minimum absolute atomic E-state index is 0.0768. The number of hydrogen-bond acceptors (Lipinski definition) is 0. The summed E-state index contributed by atoms with van der Waals surface area (Å²) < 4.78 is 13.4. The number of hydrogen-bond donors (Lipinski definition) is 2. The van der Waals surface area contributed by atoms with Gasteiger partial charge in [-0.2, -0.15) is 0 Å². The van der Waals surface area contributed by atoms with E-state index in [4.69, 9.17) is 0 Å². The number of piperidine rings is 1. The Morgan fingerprint density at radius 3 is 2.82 bits per heavy atom. The van der Waals surface area contributed by atoms with Crippen LogP contribution in [0.3, 0.4) is 0 Å². The van der Waals surface area contributed by atoms with Crippen molar-refractivity contribution in [2.24, 2.45) is 0 Å². The number of halogens is 1. The SMILES string of the molecule is Fc1ccc2c(c1)[C@@H]([NH+]1CCCCC1)C[NH2+]C2. The van der Waals surface area contributed by atoms with E-state index in [-0.39, 0.29) is 5.82 Å². The van der Waals surface area contributed by atoms with Gasteiger partial charge in [0, 0.05) is 11.1 Å². The van der Waals surface area contributed by atoms with Crippen molar-refractivity contribution >= 4 is 0 Å². The van der Waals surface area contributed by atoms with Gasteiger partial charge in [-0.3, -0.25) is 0 Å². The van der Waals surface area contributed by atoms with Crippen molar-refractivity contribution in [3.63, 3.8) is 0 Å². The van der Waals surface area contributed by atoms with E-state index >= 15 is 0 Å². The smallest absolute Gasteiger partial charge is 0.163 e. The van der Waals surface area contributed by atoms with E-state index in [0.29, 0.717) is 6.04 Å². The molecule has 3 heteroatoms. The van der Waals surface area contributed by atoms with Crippen LogP contribution in [0, 0.1) is 5.82 Å². The number of rotatable bonds is 1. The summed E-state index contributed by atoms with van der Waals surface area (Å²) >= 11 is 0. The molecule has 92 valence electrons. The number of likely N-dealkylation sites (tertiary alicyclic amines) is 1. The topological polar surface area (TPSA) is 21.1 Å². The molecule has 3 rings (SSSR count). The molecule has 0 radical (unpaired) electrons. The molecule has 0 unspecified atom stereocenters. The molecule has 3 N–H and O–H groups in total. The van der Waals surface area contributed by atoms with E-state index in [1.807, 2.05) is 6.07 Å². The molecular weight excluding hydrogens is 215 g/mol. The van der Waals surface area contributed by atoms with Crippen LogP contribution in [-0.4, -0.2) is 19.6 Å². The van der Waals surface area contributed by atoms with Crippen LogP contribution < -0.4 is 10.2 Å². The Balaban J connectivity index is 1.89. The minimum atomic E-state index is -0.0768. The molecule has 2 nitrogen and oxygen atoms in total. The summed E-state index contributed by atoms with van der Waals surface area (Å²) in [5, 5.41) is 2.37. The third-order valence-electron chi connectivity index (χ3n) is 4.24. The van der Waals surface area contributed by atoms with Gasteiger partial charge in [-0.15, -0.1) is 0 Å². The monoisotopic (exact) mass is 236 g/mol. The van der Waals surface area contributed by atoms with Crippen molar-refractivity contribution in [2.75, 3.05) is 19.6 Å². The van der Waals surface area contributed by atoms with E-state index in [0.717, 1.165) is 13.1 Å². The summed E-state index contributed by atoms with van der Waals surface area (Å²) in [5.41, 5.74) is 2.60. The molecular formula is C14H21FN2+2. The molecule has 1 atom stereocenters. The molecule has 0 saturated carbocycles. The van der Waals surface area contributed by atoms with Gasteiger partial charge >= 0.3 is 0 Å². The molecule has 1 saturated heterocycles. The van der Waals surface area contributed by atoms with Crippen LogP contribution in [-0.2, 0) is 6.54 Å². The summed E-state index contributed by atoms with van der Waals surface area (Å²) in [4.78, 5) is 1.67. The first-order valence-electron chi connectivity index (χ1n) is 6.79. The lowest BCUT2D eigenvalue weighted by molar-refractivity contribution is -0.952. The fourth-order valence-corrected chi connectivity index (χ4v) is 3.35. The van der Waals surface area contributed by atoms with Crippen molar-refractivity contribution in [1.29, 1.82) is 0 Å². The zero-order valence-electron chi connectivity index (χ0n) is 10.2.